The average molecular weight is 384 g/mol. The van der Waals surface area contributed by atoms with E-state index < -0.39 is 11.0 Å². The maximum atomic E-state index is 10.9. The van der Waals surface area contributed by atoms with E-state index in [0.29, 0.717) is 20.2 Å². The first-order chi connectivity index (χ1) is 8.38. The van der Waals surface area contributed by atoms with E-state index in [1.54, 1.807) is 13.0 Å². The Balaban J connectivity index is 3.11. The number of rotatable bonds is 5. The Morgan fingerprint density at radius 3 is 2.67 bits per heavy atom. The SMILES string of the molecule is Cc1cc(Br)c(NCC(O)CO)c(Br)c1[N+](=O)[O-]. The van der Waals surface area contributed by atoms with E-state index in [9.17, 15) is 15.2 Å². The van der Waals surface area contributed by atoms with Gasteiger partial charge in [0.05, 0.1) is 23.3 Å². The molecule has 1 aromatic rings. The number of halogens is 2. The second-order valence-electron chi connectivity index (χ2n) is 3.69. The molecular formula is C10H12Br2N2O4. The monoisotopic (exact) mass is 382 g/mol. The lowest BCUT2D eigenvalue weighted by molar-refractivity contribution is -0.386. The summed E-state index contributed by atoms with van der Waals surface area (Å²) in [6.07, 6.45) is -0.927. The van der Waals surface area contributed by atoms with Gasteiger partial charge in [0.1, 0.15) is 4.47 Å². The number of aliphatic hydroxyl groups is 2. The highest BCUT2D eigenvalue weighted by Crippen LogP contribution is 2.40. The van der Waals surface area contributed by atoms with E-state index in [1.807, 2.05) is 0 Å². The van der Waals surface area contributed by atoms with Crippen LogP contribution in [0.5, 0.6) is 0 Å². The van der Waals surface area contributed by atoms with E-state index in [-0.39, 0.29) is 18.8 Å². The van der Waals surface area contributed by atoms with Crippen LogP contribution in [0.4, 0.5) is 11.4 Å². The molecule has 0 saturated heterocycles. The summed E-state index contributed by atoms with van der Waals surface area (Å²) in [5.41, 5.74) is 0.964. The molecule has 0 fully saturated rings. The van der Waals surface area contributed by atoms with Crippen LogP contribution in [0.2, 0.25) is 0 Å². The average Bonchev–Trinajstić information content (AvgIpc) is 2.27. The number of hydrogen-bond acceptors (Lipinski definition) is 5. The summed E-state index contributed by atoms with van der Waals surface area (Å²) in [6.45, 7) is 1.35. The van der Waals surface area contributed by atoms with Crippen LogP contribution in [0, 0.1) is 17.0 Å². The van der Waals surface area contributed by atoms with Crippen LogP contribution < -0.4 is 5.32 Å². The number of nitro benzene ring substituents is 1. The Kier molecular flexibility index (Phi) is 5.51. The van der Waals surface area contributed by atoms with Crippen molar-refractivity contribution in [1.29, 1.82) is 0 Å². The summed E-state index contributed by atoms with van der Waals surface area (Å²) >= 11 is 6.47. The second kappa shape index (κ2) is 6.46. The van der Waals surface area contributed by atoms with Crippen molar-refractivity contribution in [1.82, 2.24) is 0 Å². The quantitative estimate of drug-likeness (QED) is 0.535. The van der Waals surface area contributed by atoms with Crippen LogP contribution in [0.15, 0.2) is 15.0 Å². The predicted octanol–water partition coefficient (Wildman–Crippen LogP) is 2.19. The summed E-state index contributed by atoms with van der Waals surface area (Å²) in [4.78, 5) is 10.5. The lowest BCUT2D eigenvalue weighted by Gasteiger charge is -2.14. The Morgan fingerprint density at radius 2 is 2.17 bits per heavy atom. The molecule has 0 heterocycles. The zero-order valence-electron chi connectivity index (χ0n) is 9.48. The van der Waals surface area contributed by atoms with Gasteiger partial charge in [0.2, 0.25) is 0 Å². The summed E-state index contributed by atoms with van der Waals surface area (Å²) in [5, 5.41) is 31.8. The van der Waals surface area contributed by atoms with E-state index in [2.05, 4.69) is 37.2 Å². The fraction of sp³-hybridized carbons (Fsp3) is 0.400. The smallest absolute Gasteiger partial charge is 0.288 e. The number of nitro groups is 1. The molecule has 0 radical (unpaired) electrons. The summed E-state index contributed by atoms with van der Waals surface area (Å²) in [6, 6.07) is 1.62. The molecule has 1 aromatic carbocycles. The number of anilines is 1. The Hall–Kier alpha value is -0.700. The second-order valence-corrected chi connectivity index (χ2v) is 5.33. The van der Waals surface area contributed by atoms with Gasteiger partial charge in [-0.25, -0.2) is 0 Å². The Bertz CT molecular complexity index is 468. The Morgan fingerprint density at radius 1 is 1.56 bits per heavy atom. The van der Waals surface area contributed by atoms with Crippen molar-refractivity contribution < 1.29 is 15.1 Å². The molecule has 0 bridgehead atoms. The highest BCUT2D eigenvalue weighted by molar-refractivity contribution is 9.11. The molecule has 6 nitrogen and oxygen atoms in total. The molecule has 8 heteroatoms. The number of hydrogen-bond donors (Lipinski definition) is 3. The molecule has 3 N–H and O–H groups in total. The molecule has 0 amide bonds. The number of aliphatic hydroxyl groups excluding tert-OH is 2. The van der Waals surface area contributed by atoms with Gasteiger partial charge in [-0.3, -0.25) is 10.1 Å². The van der Waals surface area contributed by atoms with Crippen molar-refractivity contribution in [3.05, 3.63) is 30.7 Å². The van der Waals surface area contributed by atoms with Gasteiger partial charge < -0.3 is 15.5 Å². The van der Waals surface area contributed by atoms with Crippen LogP contribution in [-0.4, -0.2) is 34.4 Å². The minimum Gasteiger partial charge on any atom is -0.394 e. The molecule has 1 atom stereocenters. The van der Waals surface area contributed by atoms with Gasteiger partial charge in [0.25, 0.3) is 5.69 Å². The molecule has 0 aromatic heterocycles. The van der Waals surface area contributed by atoms with Gasteiger partial charge in [-0.2, -0.15) is 0 Å². The van der Waals surface area contributed by atoms with Gasteiger partial charge in [-0.05, 0) is 44.8 Å². The number of nitrogens with one attached hydrogen (secondary N) is 1. The zero-order valence-corrected chi connectivity index (χ0v) is 12.7. The first kappa shape index (κ1) is 15.4. The van der Waals surface area contributed by atoms with Gasteiger partial charge in [-0.1, -0.05) is 0 Å². The lowest BCUT2D eigenvalue weighted by atomic mass is 10.2. The van der Waals surface area contributed by atoms with Gasteiger partial charge in [0, 0.05) is 16.6 Å². The molecule has 1 rings (SSSR count). The normalized spacial score (nSPS) is 12.3. The molecule has 18 heavy (non-hydrogen) atoms. The Labute approximate surface area is 120 Å². The molecule has 100 valence electrons. The summed E-state index contributed by atoms with van der Waals surface area (Å²) in [5.74, 6) is 0. The van der Waals surface area contributed by atoms with Crippen LogP contribution >= 0.6 is 31.9 Å². The number of nitrogens with zero attached hydrogens (tertiary/aromatic N) is 1. The van der Waals surface area contributed by atoms with Crippen molar-refractivity contribution in [2.45, 2.75) is 13.0 Å². The van der Waals surface area contributed by atoms with E-state index >= 15 is 0 Å². The molecular weight excluding hydrogens is 372 g/mol. The third kappa shape index (κ3) is 3.41. The third-order valence-electron chi connectivity index (χ3n) is 2.29. The standard InChI is InChI=1S/C10H12Br2N2O4/c1-5-2-7(11)9(13-3-6(16)4-15)8(12)10(5)14(17)18/h2,6,13,15-16H,3-4H2,1H3. The lowest BCUT2D eigenvalue weighted by Crippen LogP contribution is -2.23. The van der Waals surface area contributed by atoms with Crippen LogP contribution in [0.1, 0.15) is 5.56 Å². The van der Waals surface area contributed by atoms with Crippen molar-refractivity contribution in [3.8, 4) is 0 Å². The largest absolute Gasteiger partial charge is 0.394 e. The molecule has 0 aliphatic carbocycles. The minimum atomic E-state index is -0.927. The van der Waals surface area contributed by atoms with Crippen molar-refractivity contribution >= 4 is 43.2 Å². The van der Waals surface area contributed by atoms with Gasteiger partial charge in [-0.15, -0.1) is 0 Å². The highest BCUT2D eigenvalue weighted by Gasteiger charge is 2.22. The molecule has 0 spiro atoms. The van der Waals surface area contributed by atoms with Crippen LogP contribution in [0.25, 0.3) is 0 Å². The zero-order chi connectivity index (χ0) is 13.9. The fourth-order valence-corrected chi connectivity index (χ4v) is 3.16. The fourth-order valence-electron chi connectivity index (χ4n) is 1.40. The van der Waals surface area contributed by atoms with Crippen LogP contribution in [-0.2, 0) is 0 Å². The minimum absolute atomic E-state index is 0.0285. The van der Waals surface area contributed by atoms with E-state index in [1.165, 1.54) is 0 Å². The number of benzene rings is 1. The maximum Gasteiger partial charge on any atom is 0.288 e. The third-order valence-corrected chi connectivity index (χ3v) is 3.69. The highest BCUT2D eigenvalue weighted by atomic mass is 79.9. The van der Waals surface area contributed by atoms with E-state index in [0.717, 1.165) is 0 Å². The molecule has 0 saturated carbocycles. The molecule has 0 aliphatic heterocycles. The maximum absolute atomic E-state index is 10.9. The molecule has 0 aliphatic rings. The van der Waals surface area contributed by atoms with Gasteiger partial charge >= 0.3 is 0 Å². The van der Waals surface area contributed by atoms with Crippen molar-refractivity contribution in [2.24, 2.45) is 0 Å². The van der Waals surface area contributed by atoms with Crippen molar-refractivity contribution in [3.63, 3.8) is 0 Å². The van der Waals surface area contributed by atoms with Crippen molar-refractivity contribution in [2.75, 3.05) is 18.5 Å². The summed E-state index contributed by atoms with van der Waals surface area (Å²) in [7, 11) is 0. The first-order valence-corrected chi connectivity index (χ1v) is 6.62. The topological polar surface area (TPSA) is 95.6 Å². The van der Waals surface area contributed by atoms with Gasteiger partial charge in [0.15, 0.2) is 0 Å². The first-order valence-electron chi connectivity index (χ1n) is 5.04. The number of aryl methyl sites for hydroxylation is 1. The predicted molar refractivity (Wildman–Crippen MR) is 74.8 cm³/mol. The van der Waals surface area contributed by atoms with E-state index in [4.69, 9.17) is 5.11 Å². The van der Waals surface area contributed by atoms with Crippen LogP contribution in [0.3, 0.4) is 0 Å². The molecule has 1 unspecified atom stereocenters. The summed E-state index contributed by atoms with van der Waals surface area (Å²) < 4.78 is 0.951.